The maximum absolute atomic E-state index is 9.41. The van der Waals surface area contributed by atoms with Gasteiger partial charge in [-0.15, -0.1) is 0 Å². The normalized spacial score (nSPS) is 20.2. The van der Waals surface area contributed by atoms with E-state index >= 15 is 0 Å². The fourth-order valence-corrected chi connectivity index (χ4v) is 1.56. The molecule has 17 heavy (non-hydrogen) atoms. The van der Waals surface area contributed by atoms with Crippen LogP contribution >= 0.6 is 0 Å². The van der Waals surface area contributed by atoms with Crippen molar-refractivity contribution in [2.24, 2.45) is 4.99 Å². The van der Waals surface area contributed by atoms with Gasteiger partial charge in [0, 0.05) is 12.6 Å². The fraction of sp³-hybridized carbons (Fsp3) is 0.154. The average molecular weight is 231 g/mol. The zero-order valence-corrected chi connectivity index (χ0v) is 9.11. The Balaban J connectivity index is 2.13. The van der Waals surface area contributed by atoms with Crippen molar-refractivity contribution in [1.29, 1.82) is 0 Å². The number of phenolic OH excluding ortho intramolecular Hbond substituents is 1. The molecule has 0 amide bonds. The second-order valence-corrected chi connectivity index (χ2v) is 3.85. The molecule has 0 saturated carbocycles. The van der Waals surface area contributed by atoms with Gasteiger partial charge in [-0.2, -0.15) is 0 Å². The third-order valence-corrected chi connectivity index (χ3v) is 2.35. The van der Waals surface area contributed by atoms with Gasteiger partial charge in [0.1, 0.15) is 5.75 Å². The number of hydrogen-bond donors (Lipinski definition) is 3. The number of benzene rings is 1. The number of allylic oxidation sites excluding steroid dienone is 2. The first-order chi connectivity index (χ1) is 8.13. The number of hydrogen-bond acceptors (Lipinski definition) is 4. The summed E-state index contributed by atoms with van der Waals surface area (Å²) in [5.74, 6) is 0.334. The Kier molecular flexibility index (Phi) is 3.25. The second-order valence-electron chi connectivity index (χ2n) is 3.85. The van der Waals surface area contributed by atoms with Crippen LogP contribution in [-0.4, -0.2) is 27.6 Å². The van der Waals surface area contributed by atoms with Gasteiger partial charge in [-0.3, -0.25) is 4.99 Å². The molecule has 1 aromatic carbocycles. The summed E-state index contributed by atoms with van der Waals surface area (Å²) in [6.45, 7) is 0. The molecular formula is C13H13NO3. The van der Waals surface area contributed by atoms with Gasteiger partial charge in [0.2, 0.25) is 0 Å². The minimum atomic E-state index is -0.665. The van der Waals surface area contributed by atoms with Crippen molar-refractivity contribution < 1.29 is 15.3 Å². The van der Waals surface area contributed by atoms with E-state index in [1.54, 1.807) is 42.6 Å². The van der Waals surface area contributed by atoms with Crippen molar-refractivity contribution in [3.05, 3.63) is 47.7 Å². The summed E-state index contributed by atoms with van der Waals surface area (Å²) in [5, 5.41) is 27.9. The first-order valence-corrected chi connectivity index (χ1v) is 5.26. The Hall–Kier alpha value is -2.07. The molecule has 2 rings (SSSR count). The molecule has 1 aliphatic carbocycles. The van der Waals surface area contributed by atoms with E-state index in [0.29, 0.717) is 11.3 Å². The molecule has 0 spiro atoms. The Morgan fingerprint density at radius 1 is 1.18 bits per heavy atom. The summed E-state index contributed by atoms with van der Waals surface area (Å²) >= 11 is 0. The quantitative estimate of drug-likeness (QED) is 0.683. The van der Waals surface area contributed by atoms with E-state index in [1.165, 1.54) is 0 Å². The molecule has 1 unspecified atom stereocenters. The van der Waals surface area contributed by atoms with Crippen LogP contribution in [0.15, 0.2) is 52.7 Å². The number of aromatic hydroxyl groups is 1. The van der Waals surface area contributed by atoms with E-state index < -0.39 is 6.10 Å². The Labute approximate surface area is 98.9 Å². The topological polar surface area (TPSA) is 73.1 Å². The molecule has 0 aliphatic heterocycles. The Morgan fingerprint density at radius 2 is 1.88 bits per heavy atom. The molecule has 0 aromatic heterocycles. The SMILES string of the molecule is OC1=CC(C=Nc2ccc(O)cc2)=CC(O)C1. The van der Waals surface area contributed by atoms with Crippen LogP contribution in [0.3, 0.4) is 0 Å². The molecule has 0 fully saturated rings. The molecule has 1 aromatic rings. The minimum Gasteiger partial charge on any atom is -0.512 e. The maximum Gasteiger partial charge on any atom is 0.115 e. The van der Waals surface area contributed by atoms with E-state index in [1.807, 2.05) is 0 Å². The maximum atomic E-state index is 9.41. The standard InChI is InChI=1S/C13H13NO3/c15-11-3-1-10(2-4-11)14-8-9-5-12(16)7-13(17)6-9/h1-6,8,12,15-17H,7H2. The van der Waals surface area contributed by atoms with Gasteiger partial charge in [-0.05, 0) is 42.0 Å². The van der Waals surface area contributed by atoms with Crippen LogP contribution in [0.2, 0.25) is 0 Å². The van der Waals surface area contributed by atoms with Gasteiger partial charge in [-0.25, -0.2) is 0 Å². The molecule has 4 nitrogen and oxygen atoms in total. The van der Waals surface area contributed by atoms with E-state index in [4.69, 9.17) is 5.11 Å². The van der Waals surface area contributed by atoms with E-state index in [9.17, 15) is 10.2 Å². The zero-order chi connectivity index (χ0) is 12.3. The predicted octanol–water partition coefficient (Wildman–Crippen LogP) is 2.23. The molecule has 4 heteroatoms. The number of aliphatic hydroxyl groups is 2. The van der Waals surface area contributed by atoms with E-state index in [0.717, 1.165) is 0 Å². The van der Waals surface area contributed by atoms with Gasteiger partial charge in [0.05, 0.1) is 17.6 Å². The second kappa shape index (κ2) is 4.84. The molecule has 0 bridgehead atoms. The first kappa shape index (κ1) is 11.4. The highest BCUT2D eigenvalue weighted by atomic mass is 16.3. The molecule has 1 atom stereocenters. The third-order valence-electron chi connectivity index (χ3n) is 2.35. The number of phenols is 1. The average Bonchev–Trinajstić information content (AvgIpc) is 2.27. The number of rotatable bonds is 2. The van der Waals surface area contributed by atoms with Crippen LogP contribution in [0, 0.1) is 0 Å². The summed E-state index contributed by atoms with van der Waals surface area (Å²) in [6, 6.07) is 6.44. The van der Waals surface area contributed by atoms with Crippen molar-refractivity contribution in [3.8, 4) is 5.75 Å². The number of aliphatic hydroxyl groups excluding tert-OH is 2. The van der Waals surface area contributed by atoms with Crippen LogP contribution in [-0.2, 0) is 0 Å². The summed E-state index contributed by atoms with van der Waals surface area (Å²) in [4.78, 5) is 4.17. The van der Waals surface area contributed by atoms with Crippen molar-refractivity contribution >= 4 is 11.9 Å². The third kappa shape index (κ3) is 3.19. The molecular weight excluding hydrogens is 218 g/mol. The smallest absolute Gasteiger partial charge is 0.115 e. The van der Waals surface area contributed by atoms with E-state index in [2.05, 4.69) is 4.99 Å². The molecule has 0 heterocycles. The van der Waals surface area contributed by atoms with Crippen molar-refractivity contribution in [1.82, 2.24) is 0 Å². The van der Waals surface area contributed by atoms with Crippen LogP contribution in [0.5, 0.6) is 5.75 Å². The minimum absolute atomic E-state index is 0.146. The van der Waals surface area contributed by atoms with Crippen molar-refractivity contribution in [3.63, 3.8) is 0 Å². The lowest BCUT2D eigenvalue weighted by Crippen LogP contribution is -2.09. The lowest BCUT2D eigenvalue weighted by Gasteiger charge is -2.11. The number of aliphatic imine (C=N–C) groups is 1. The molecule has 3 N–H and O–H groups in total. The Morgan fingerprint density at radius 3 is 2.53 bits per heavy atom. The number of nitrogens with zero attached hydrogens (tertiary/aromatic N) is 1. The van der Waals surface area contributed by atoms with Gasteiger partial charge in [0.25, 0.3) is 0 Å². The molecule has 0 radical (unpaired) electrons. The Bertz CT molecular complexity index is 486. The summed E-state index contributed by atoms with van der Waals surface area (Å²) in [5.41, 5.74) is 1.35. The summed E-state index contributed by atoms with van der Waals surface area (Å²) in [7, 11) is 0. The highest BCUT2D eigenvalue weighted by Crippen LogP contribution is 2.18. The van der Waals surface area contributed by atoms with Crippen molar-refractivity contribution in [2.75, 3.05) is 0 Å². The van der Waals surface area contributed by atoms with Gasteiger partial charge in [-0.1, -0.05) is 0 Å². The lowest BCUT2D eigenvalue weighted by atomic mass is 10.0. The lowest BCUT2D eigenvalue weighted by molar-refractivity contribution is 0.199. The van der Waals surface area contributed by atoms with Gasteiger partial charge >= 0.3 is 0 Å². The van der Waals surface area contributed by atoms with Crippen LogP contribution in [0.25, 0.3) is 0 Å². The molecule has 88 valence electrons. The summed E-state index contributed by atoms with van der Waals surface area (Å²) in [6.07, 6.45) is 4.34. The highest BCUT2D eigenvalue weighted by Gasteiger charge is 2.10. The summed E-state index contributed by atoms with van der Waals surface area (Å²) < 4.78 is 0. The first-order valence-electron chi connectivity index (χ1n) is 5.26. The molecule has 1 aliphatic rings. The zero-order valence-electron chi connectivity index (χ0n) is 9.11. The monoisotopic (exact) mass is 231 g/mol. The highest BCUT2D eigenvalue weighted by molar-refractivity contribution is 5.85. The van der Waals surface area contributed by atoms with Gasteiger partial charge < -0.3 is 15.3 Å². The van der Waals surface area contributed by atoms with Crippen LogP contribution in [0.1, 0.15) is 6.42 Å². The van der Waals surface area contributed by atoms with E-state index in [-0.39, 0.29) is 17.9 Å². The van der Waals surface area contributed by atoms with Crippen LogP contribution < -0.4 is 0 Å². The van der Waals surface area contributed by atoms with Crippen LogP contribution in [0.4, 0.5) is 5.69 Å². The van der Waals surface area contributed by atoms with Gasteiger partial charge in [0.15, 0.2) is 0 Å². The fourth-order valence-electron chi connectivity index (χ4n) is 1.56. The predicted molar refractivity (Wildman–Crippen MR) is 65.7 cm³/mol. The molecule has 0 saturated heterocycles. The largest absolute Gasteiger partial charge is 0.512 e. The van der Waals surface area contributed by atoms with Crippen molar-refractivity contribution in [2.45, 2.75) is 12.5 Å².